The molecule has 2 rings (SSSR count). The highest BCUT2D eigenvalue weighted by Crippen LogP contribution is 2.10. The van der Waals surface area contributed by atoms with Gasteiger partial charge in [0.15, 0.2) is 0 Å². The molecule has 0 fully saturated rings. The van der Waals surface area contributed by atoms with Gasteiger partial charge in [0.2, 0.25) is 0 Å². The summed E-state index contributed by atoms with van der Waals surface area (Å²) in [4.78, 5) is 16.2. The number of halogens is 1. The van der Waals surface area contributed by atoms with Crippen LogP contribution in [0.5, 0.6) is 0 Å². The number of nitrogens with one attached hydrogen (secondary N) is 2. The highest BCUT2D eigenvalue weighted by Gasteiger charge is 2.06. The van der Waals surface area contributed by atoms with E-state index in [1.165, 1.54) is 0 Å². The Morgan fingerprint density at radius 2 is 2.00 bits per heavy atom. The number of carbonyl (C=O) groups excluding carboxylic acids is 1. The largest absolute Gasteiger partial charge is 0.370 e. The van der Waals surface area contributed by atoms with Crippen LogP contribution < -0.4 is 10.6 Å². The summed E-state index contributed by atoms with van der Waals surface area (Å²) in [5.41, 5.74) is 1.59. The first kappa shape index (κ1) is 14.3. The number of carbonyl (C=O) groups is 1. The molecular formula is C15H16ClN3O. The number of aromatic nitrogens is 1. The zero-order chi connectivity index (χ0) is 14.4. The second-order valence-electron chi connectivity index (χ2n) is 4.27. The van der Waals surface area contributed by atoms with Crippen LogP contribution >= 0.6 is 11.6 Å². The van der Waals surface area contributed by atoms with Crippen LogP contribution in [0.2, 0.25) is 5.02 Å². The van der Waals surface area contributed by atoms with Crippen molar-refractivity contribution >= 4 is 23.3 Å². The number of rotatable bonds is 5. The van der Waals surface area contributed by atoms with Crippen LogP contribution in [0.15, 0.2) is 42.6 Å². The van der Waals surface area contributed by atoms with E-state index in [0.717, 1.165) is 12.1 Å². The fourth-order valence-corrected chi connectivity index (χ4v) is 1.86. The molecular weight excluding hydrogens is 274 g/mol. The van der Waals surface area contributed by atoms with E-state index in [1.54, 1.807) is 30.5 Å². The maximum Gasteiger partial charge on any atom is 0.251 e. The maximum absolute atomic E-state index is 12.0. The molecule has 20 heavy (non-hydrogen) atoms. The molecule has 0 unspecified atom stereocenters. The van der Waals surface area contributed by atoms with Crippen molar-refractivity contribution < 1.29 is 4.79 Å². The van der Waals surface area contributed by atoms with Crippen molar-refractivity contribution in [2.45, 2.75) is 13.5 Å². The van der Waals surface area contributed by atoms with Gasteiger partial charge in [0.25, 0.3) is 5.91 Å². The molecule has 4 nitrogen and oxygen atoms in total. The summed E-state index contributed by atoms with van der Waals surface area (Å²) in [6, 6.07) is 10.8. The Hall–Kier alpha value is -2.07. The second kappa shape index (κ2) is 6.91. The molecule has 104 valence electrons. The third-order valence-electron chi connectivity index (χ3n) is 2.75. The Labute approximate surface area is 123 Å². The van der Waals surface area contributed by atoms with Crippen molar-refractivity contribution in [1.82, 2.24) is 10.3 Å². The van der Waals surface area contributed by atoms with Crippen LogP contribution in [0.25, 0.3) is 0 Å². The van der Waals surface area contributed by atoms with E-state index in [-0.39, 0.29) is 5.91 Å². The first-order valence-corrected chi connectivity index (χ1v) is 6.79. The molecule has 5 heteroatoms. The Balaban J connectivity index is 1.97. The van der Waals surface area contributed by atoms with Gasteiger partial charge in [-0.05, 0) is 36.8 Å². The highest BCUT2D eigenvalue weighted by molar-refractivity contribution is 6.30. The number of amides is 1. The summed E-state index contributed by atoms with van der Waals surface area (Å²) in [6.07, 6.45) is 1.62. The number of pyridine rings is 1. The van der Waals surface area contributed by atoms with Gasteiger partial charge in [0, 0.05) is 29.9 Å². The molecule has 0 saturated heterocycles. The van der Waals surface area contributed by atoms with E-state index in [2.05, 4.69) is 15.6 Å². The molecule has 0 radical (unpaired) electrons. The predicted molar refractivity (Wildman–Crippen MR) is 81.0 cm³/mol. The standard InChI is InChI=1S/C15H16ClN3O/c1-2-17-14-9-12(7-8-18-14)15(20)19-10-11-3-5-13(16)6-4-11/h3-9H,2,10H2,1H3,(H,17,18)(H,19,20). The van der Waals surface area contributed by atoms with Crippen molar-refractivity contribution in [2.24, 2.45) is 0 Å². The van der Waals surface area contributed by atoms with Gasteiger partial charge in [-0.3, -0.25) is 4.79 Å². The Kier molecular flexibility index (Phi) is 4.96. The number of benzene rings is 1. The molecule has 1 aromatic heterocycles. The van der Waals surface area contributed by atoms with E-state index < -0.39 is 0 Å². The van der Waals surface area contributed by atoms with Crippen LogP contribution in [0.4, 0.5) is 5.82 Å². The summed E-state index contributed by atoms with van der Waals surface area (Å²) in [5.74, 6) is 0.577. The fraction of sp³-hybridized carbons (Fsp3) is 0.200. The molecule has 1 amide bonds. The molecule has 0 atom stereocenters. The lowest BCUT2D eigenvalue weighted by atomic mass is 10.2. The minimum Gasteiger partial charge on any atom is -0.370 e. The lowest BCUT2D eigenvalue weighted by molar-refractivity contribution is 0.0951. The predicted octanol–water partition coefficient (Wildman–Crippen LogP) is 3.10. The highest BCUT2D eigenvalue weighted by atomic mass is 35.5. The summed E-state index contributed by atoms with van der Waals surface area (Å²) in [7, 11) is 0. The van der Waals surface area contributed by atoms with E-state index in [9.17, 15) is 4.79 Å². The normalized spacial score (nSPS) is 10.1. The van der Waals surface area contributed by atoms with Gasteiger partial charge < -0.3 is 10.6 Å². The summed E-state index contributed by atoms with van der Waals surface area (Å²) in [5, 5.41) is 6.63. The van der Waals surface area contributed by atoms with Crippen molar-refractivity contribution in [3.63, 3.8) is 0 Å². The minimum absolute atomic E-state index is 0.124. The number of hydrogen-bond donors (Lipinski definition) is 2. The van der Waals surface area contributed by atoms with Crippen LogP contribution in [0.1, 0.15) is 22.8 Å². The van der Waals surface area contributed by atoms with Crippen molar-refractivity contribution in [2.75, 3.05) is 11.9 Å². The zero-order valence-corrected chi connectivity index (χ0v) is 11.9. The van der Waals surface area contributed by atoms with Crippen molar-refractivity contribution in [3.05, 3.63) is 58.7 Å². The molecule has 0 aliphatic rings. The Morgan fingerprint density at radius 1 is 1.25 bits per heavy atom. The monoisotopic (exact) mass is 289 g/mol. The van der Waals surface area contributed by atoms with Crippen molar-refractivity contribution in [1.29, 1.82) is 0 Å². The van der Waals surface area contributed by atoms with Crippen LogP contribution in [-0.4, -0.2) is 17.4 Å². The molecule has 0 aliphatic heterocycles. The molecule has 2 aromatic rings. The van der Waals surface area contributed by atoms with Gasteiger partial charge in [-0.2, -0.15) is 0 Å². The summed E-state index contributed by atoms with van der Waals surface area (Å²) >= 11 is 5.82. The third-order valence-corrected chi connectivity index (χ3v) is 3.00. The van der Waals surface area contributed by atoms with E-state index >= 15 is 0 Å². The van der Waals surface area contributed by atoms with Gasteiger partial charge in [-0.15, -0.1) is 0 Å². The van der Waals surface area contributed by atoms with Crippen LogP contribution in [0.3, 0.4) is 0 Å². The lowest BCUT2D eigenvalue weighted by Crippen LogP contribution is -2.23. The molecule has 0 saturated carbocycles. The first-order valence-electron chi connectivity index (χ1n) is 6.41. The number of hydrogen-bond acceptors (Lipinski definition) is 3. The average molecular weight is 290 g/mol. The average Bonchev–Trinajstić information content (AvgIpc) is 2.47. The minimum atomic E-state index is -0.124. The van der Waals surface area contributed by atoms with Crippen molar-refractivity contribution in [3.8, 4) is 0 Å². The topological polar surface area (TPSA) is 54.0 Å². The fourth-order valence-electron chi connectivity index (χ4n) is 1.74. The number of nitrogens with zero attached hydrogens (tertiary/aromatic N) is 1. The van der Waals surface area contributed by atoms with E-state index in [1.807, 2.05) is 19.1 Å². The van der Waals surface area contributed by atoms with Crippen LogP contribution in [0, 0.1) is 0 Å². The molecule has 1 heterocycles. The van der Waals surface area contributed by atoms with Gasteiger partial charge in [0.1, 0.15) is 5.82 Å². The zero-order valence-electron chi connectivity index (χ0n) is 11.2. The molecule has 2 N–H and O–H groups in total. The maximum atomic E-state index is 12.0. The third kappa shape index (κ3) is 3.96. The molecule has 0 bridgehead atoms. The van der Waals surface area contributed by atoms with Gasteiger partial charge >= 0.3 is 0 Å². The summed E-state index contributed by atoms with van der Waals surface area (Å²) < 4.78 is 0. The SMILES string of the molecule is CCNc1cc(C(=O)NCc2ccc(Cl)cc2)ccn1. The van der Waals surface area contributed by atoms with Gasteiger partial charge in [-0.1, -0.05) is 23.7 Å². The first-order chi connectivity index (χ1) is 9.69. The second-order valence-corrected chi connectivity index (χ2v) is 4.71. The van der Waals surface area contributed by atoms with E-state index in [0.29, 0.717) is 22.9 Å². The lowest BCUT2D eigenvalue weighted by Gasteiger charge is -2.07. The number of anilines is 1. The Bertz CT molecular complexity index is 584. The molecule has 0 aliphatic carbocycles. The van der Waals surface area contributed by atoms with Gasteiger partial charge in [0.05, 0.1) is 0 Å². The summed E-state index contributed by atoms with van der Waals surface area (Å²) in [6.45, 7) is 3.21. The smallest absolute Gasteiger partial charge is 0.251 e. The van der Waals surface area contributed by atoms with Gasteiger partial charge in [-0.25, -0.2) is 4.98 Å². The Morgan fingerprint density at radius 3 is 2.70 bits per heavy atom. The van der Waals surface area contributed by atoms with E-state index in [4.69, 9.17) is 11.6 Å². The molecule has 1 aromatic carbocycles. The van der Waals surface area contributed by atoms with Crippen LogP contribution in [-0.2, 0) is 6.54 Å². The quantitative estimate of drug-likeness (QED) is 0.889. The molecule has 0 spiro atoms.